The van der Waals surface area contributed by atoms with Crippen molar-refractivity contribution in [3.05, 3.63) is 59.1 Å². The third kappa shape index (κ3) is 3.67. The van der Waals surface area contributed by atoms with Gasteiger partial charge in [-0.05, 0) is 37.3 Å². The molecule has 8 heteroatoms. The third-order valence-corrected chi connectivity index (χ3v) is 6.26. The van der Waals surface area contributed by atoms with Gasteiger partial charge in [0.05, 0.1) is 15.9 Å². The highest BCUT2D eigenvalue weighted by Crippen LogP contribution is 2.32. The van der Waals surface area contributed by atoms with Crippen LogP contribution < -0.4 is 5.32 Å². The van der Waals surface area contributed by atoms with E-state index in [9.17, 15) is 13.2 Å². The number of amides is 1. The van der Waals surface area contributed by atoms with Gasteiger partial charge in [-0.15, -0.1) is 0 Å². The largest absolute Gasteiger partial charge is 0.437 e. The zero-order chi connectivity index (χ0) is 18.0. The fraction of sp³-hybridized carbons (Fsp3) is 0.176. The van der Waals surface area contributed by atoms with E-state index < -0.39 is 21.2 Å². The third-order valence-electron chi connectivity index (χ3n) is 3.83. The van der Waals surface area contributed by atoms with Gasteiger partial charge in [-0.2, -0.15) is 0 Å². The SMILES string of the molecule is CC1CC(=NOC(=O)Nc2ccccc2)c2cc(Cl)ccc2S1(=O)=O. The fourth-order valence-corrected chi connectivity index (χ4v) is 4.25. The molecule has 1 aliphatic heterocycles. The van der Waals surface area contributed by atoms with Crippen LogP contribution >= 0.6 is 11.6 Å². The van der Waals surface area contributed by atoms with E-state index in [0.717, 1.165) is 0 Å². The van der Waals surface area contributed by atoms with Crippen molar-refractivity contribution >= 4 is 38.9 Å². The van der Waals surface area contributed by atoms with E-state index in [0.29, 0.717) is 22.0 Å². The van der Waals surface area contributed by atoms with E-state index >= 15 is 0 Å². The monoisotopic (exact) mass is 378 g/mol. The summed E-state index contributed by atoms with van der Waals surface area (Å²) in [5.41, 5.74) is 1.29. The van der Waals surface area contributed by atoms with Gasteiger partial charge >= 0.3 is 6.09 Å². The molecule has 0 saturated carbocycles. The smallest absolute Gasteiger partial charge is 0.297 e. The lowest BCUT2D eigenvalue weighted by Crippen LogP contribution is -2.30. The lowest BCUT2D eigenvalue weighted by Gasteiger charge is -2.23. The summed E-state index contributed by atoms with van der Waals surface area (Å²) in [6.07, 6.45) is -0.628. The summed E-state index contributed by atoms with van der Waals surface area (Å²) < 4.78 is 24.8. The molecule has 1 atom stereocenters. The van der Waals surface area contributed by atoms with Crippen molar-refractivity contribution in [3.8, 4) is 0 Å². The van der Waals surface area contributed by atoms with E-state index in [-0.39, 0.29) is 11.3 Å². The Bertz CT molecular complexity index is 942. The Hall–Kier alpha value is -2.38. The number of nitrogens with one attached hydrogen (secondary N) is 1. The van der Waals surface area contributed by atoms with Crippen molar-refractivity contribution < 1.29 is 18.0 Å². The first-order valence-corrected chi connectivity index (χ1v) is 9.44. The molecule has 1 heterocycles. The lowest BCUT2D eigenvalue weighted by atomic mass is 10.1. The van der Waals surface area contributed by atoms with Crippen molar-refractivity contribution in [2.75, 3.05) is 5.32 Å². The van der Waals surface area contributed by atoms with Gasteiger partial charge in [-0.25, -0.2) is 13.2 Å². The molecule has 2 aromatic carbocycles. The summed E-state index contributed by atoms with van der Waals surface area (Å²) in [7, 11) is -3.45. The van der Waals surface area contributed by atoms with Crippen LogP contribution in [0.15, 0.2) is 58.6 Å². The molecule has 0 bridgehead atoms. The van der Waals surface area contributed by atoms with E-state index in [1.54, 1.807) is 31.2 Å². The number of hydrogen-bond donors (Lipinski definition) is 1. The van der Waals surface area contributed by atoms with E-state index in [4.69, 9.17) is 16.4 Å². The fourth-order valence-electron chi connectivity index (χ4n) is 2.53. The first-order chi connectivity index (χ1) is 11.9. The molecule has 0 fully saturated rings. The molecule has 0 aromatic heterocycles. The molecule has 25 heavy (non-hydrogen) atoms. The minimum Gasteiger partial charge on any atom is -0.297 e. The highest BCUT2D eigenvalue weighted by Gasteiger charge is 2.34. The number of nitrogens with zero attached hydrogens (tertiary/aromatic N) is 1. The van der Waals surface area contributed by atoms with Gasteiger partial charge in [0.25, 0.3) is 0 Å². The number of para-hydroxylation sites is 1. The second kappa shape index (κ2) is 6.85. The summed E-state index contributed by atoms with van der Waals surface area (Å²) in [5, 5.41) is 6.10. The van der Waals surface area contributed by atoms with Crippen LogP contribution in [0.3, 0.4) is 0 Å². The van der Waals surface area contributed by atoms with Crippen LogP contribution in [0.5, 0.6) is 0 Å². The van der Waals surface area contributed by atoms with Crippen LogP contribution in [0.25, 0.3) is 0 Å². The van der Waals surface area contributed by atoms with Gasteiger partial charge < -0.3 is 0 Å². The molecule has 3 rings (SSSR count). The van der Waals surface area contributed by atoms with Crippen molar-refractivity contribution in [2.24, 2.45) is 5.16 Å². The van der Waals surface area contributed by atoms with Crippen LogP contribution in [-0.2, 0) is 14.7 Å². The Morgan fingerprint density at radius 3 is 2.68 bits per heavy atom. The summed E-state index contributed by atoms with van der Waals surface area (Å²) in [5.74, 6) is 0. The molecule has 1 unspecified atom stereocenters. The van der Waals surface area contributed by atoms with E-state index in [2.05, 4.69) is 10.5 Å². The van der Waals surface area contributed by atoms with Crippen molar-refractivity contribution in [3.63, 3.8) is 0 Å². The Morgan fingerprint density at radius 1 is 1.24 bits per heavy atom. The summed E-state index contributed by atoms with van der Waals surface area (Å²) in [4.78, 5) is 16.9. The maximum Gasteiger partial charge on any atom is 0.437 e. The number of sulfone groups is 1. The maximum atomic E-state index is 12.4. The highest BCUT2D eigenvalue weighted by atomic mass is 35.5. The van der Waals surface area contributed by atoms with Gasteiger partial charge in [0, 0.05) is 22.7 Å². The molecule has 0 saturated heterocycles. The van der Waals surface area contributed by atoms with Crippen LogP contribution in [-0.4, -0.2) is 25.5 Å². The molecule has 6 nitrogen and oxygen atoms in total. The Labute approximate surface area is 150 Å². The second-order valence-corrected chi connectivity index (χ2v) is 8.38. The van der Waals surface area contributed by atoms with E-state index in [1.165, 1.54) is 18.2 Å². The molecule has 1 amide bonds. The molecule has 0 spiro atoms. The average molecular weight is 379 g/mol. The second-order valence-electron chi connectivity index (χ2n) is 5.61. The van der Waals surface area contributed by atoms with Crippen LogP contribution in [0.4, 0.5) is 10.5 Å². The first kappa shape index (κ1) is 17.4. The van der Waals surface area contributed by atoms with Crippen molar-refractivity contribution in [1.29, 1.82) is 0 Å². The maximum absolute atomic E-state index is 12.4. The number of fused-ring (bicyclic) bond motifs is 1. The van der Waals surface area contributed by atoms with Crippen LogP contribution in [0.1, 0.15) is 18.9 Å². The molecule has 130 valence electrons. The van der Waals surface area contributed by atoms with Gasteiger partial charge in [-0.1, -0.05) is 35.0 Å². The summed E-state index contributed by atoms with van der Waals surface area (Å²) in [6.45, 7) is 1.59. The highest BCUT2D eigenvalue weighted by molar-refractivity contribution is 7.92. The molecular weight excluding hydrogens is 364 g/mol. The van der Waals surface area contributed by atoms with Crippen LogP contribution in [0, 0.1) is 0 Å². The van der Waals surface area contributed by atoms with Gasteiger partial charge in [0.15, 0.2) is 9.84 Å². The zero-order valence-electron chi connectivity index (χ0n) is 13.3. The predicted molar refractivity (Wildman–Crippen MR) is 95.8 cm³/mol. The van der Waals surface area contributed by atoms with Crippen molar-refractivity contribution in [1.82, 2.24) is 0 Å². The molecule has 0 radical (unpaired) electrons. The number of halogens is 1. The number of rotatable bonds is 2. The van der Waals surface area contributed by atoms with Crippen molar-refractivity contribution in [2.45, 2.75) is 23.5 Å². The standard InChI is InChI=1S/C17H15ClN2O4S/c1-11-9-15(14-10-12(18)7-8-16(14)25(11,22)23)20-24-17(21)19-13-5-3-2-4-6-13/h2-8,10-11H,9H2,1H3,(H,19,21). The number of carbonyl (C=O) groups excluding carboxylic acids is 1. The number of benzene rings is 2. The molecular formula is C17H15ClN2O4S. The van der Waals surface area contributed by atoms with Gasteiger partial charge in [0.1, 0.15) is 0 Å². The number of hydrogen-bond acceptors (Lipinski definition) is 5. The quantitative estimate of drug-likeness (QED) is 0.635. The minimum absolute atomic E-state index is 0.133. The predicted octanol–water partition coefficient (Wildman–Crippen LogP) is 3.86. The summed E-state index contributed by atoms with van der Waals surface area (Å²) in [6, 6.07) is 13.2. The topological polar surface area (TPSA) is 84.8 Å². The summed E-state index contributed by atoms with van der Waals surface area (Å²) >= 11 is 5.97. The molecule has 1 aliphatic rings. The van der Waals surface area contributed by atoms with Gasteiger partial charge in [-0.3, -0.25) is 10.2 Å². The lowest BCUT2D eigenvalue weighted by molar-refractivity contribution is 0.166. The molecule has 0 aliphatic carbocycles. The molecule has 1 N–H and O–H groups in total. The Balaban J connectivity index is 1.86. The number of carbonyl (C=O) groups is 1. The van der Waals surface area contributed by atoms with Gasteiger partial charge in [0.2, 0.25) is 0 Å². The minimum atomic E-state index is -3.45. The number of oxime groups is 1. The average Bonchev–Trinajstić information content (AvgIpc) is 2.58. The normalized spacial score (nSPS) is 19.9. The number of anilines is 1. The van der Waals surface area contributed by atoms with Crippen LogP contribution in [0.2, 0.25) is 5.02 Å². The zero-order valence-corrected chi connectivity index (χ0v) is 14.8. The Kier molecular flexibility index (Phi) is 4.78. The Morgan fingerprint density at radius 2 is 1.96 bits per heavy atom. The molecule has 2 aromatic rings. The van der Waals surface area contributed by atoms with E-state index in [1.807, 2.05) is 6.07 Å². The first-order valence-electron chi connectivity index (χ1n) is 7.51.